The van der Waals surface area contributed by atoms with Crippen molar-refractivity contribution in [1.82, 2.24) is 0 Å². The Kier molecular flexibility index (Phi) is 2.89. The van der Waals surface area contributed by atoms with E-state index in [-0.39, 0.29) is 5.75 Å². The van der Waals surface area contributed by atoms with E-state index in [1.807, 2.05) is 0 Å². The quantitative estimate of drug-likeness (QED) is 0.558. The van der Waals surface area contributed by atoms with Gasteiger partial charge in [0.05, 0.1) is 0 Å². The third kappa shape index (κ3) is 2.34. The number of hydrogen-bond donors (Lipinski definition) is 0. The van der Waals surface area contributed by atoms with Crippen LogP contribution in [0.25, 0.3) is 0 Å². The van der Waals surface area contributed by atoms with E-state index < -0.39 is 15.0 Å². The summed E-state index contributed by atoms with van der Waals surface area (Å²) < 4.78 is 27.0. The van der Waals surface area contributed by atoms with E-state index in [0.717, 1.165) is 0 Å². The summed E-state index contributed by atoms with van der Waals surface area (Å²) in [5.41, 5.74) is 0. The van der Waals surface area contributed by atoms with E-state index >= 15 is 0 Å². The molecule has 1 aromatic rings. The van der Waals surface area contributed by atoms with E-state index in [1.54, 1.807) is 18.2 Å². The Labute approximate surface area is 82.2 Å². The standard InChI is InChI=1S/C9H7NO3S/c1-8(7-10)14(11,12)13-9-5-3-2-4-6-9/h2-6H,1H2. The van der Waals surface area contributed by atoms with E-state index in [0.29, 0.717) is 0 Å². The van der Waals surface area contributed by atoms with Gasteiger partial charge < -0.3 is 4.18 Å². The van der Waals surface area contributed by atoms with Crippen LogP contribution in [0.4, 0.5) is 0 Å². The van der Waals surface area contributed by atoms with Crippen LogP contribution >= 0.6 is 0 Å². The minimum atomic E-state index is -4.02. The zero-order valence-electron chi connectivity index (χ0n) is 7.17. The van der Waals surface area contributed by atoms with Gasteiger partial charge in [0.25, 0.3) is 0 Å². The second-order valence-corrected chi connectivity index (χ2v) is 3.95. The van der Waals surface area contributed by atoms with Crippen molar-refractivity contribution in [2.45, 2.75) is 0 Å². The van der Waals surface area contributed by atoms with Gasteiger partial charge in [0, 0.05) is 0 Å². The molecule has 5 heteroatoms. The molecule has 72 valence electrons. The molecule has 0 amide bonds. The summed E-state index contributed by atoms with van der Waals surface area (Å²) in [6, 6.07) is 9.34. The number of nitriles is 1. The molecule has 0 aromatic heterocycles. The Hall–Kier alpha value is -1.80. The molecule has 1 rings (SSSR count). The molecule has 0 bridgehead atoms. The minimum Gasteiger partial charge on any atom is -0.378 e. The number of nitrogens with zero attached hydrogens (tertiary/aromatic N) is 1. The van der Waals surface area contributed by atoms with Crippen molar-refractivity contribution in [2.24, 2.45) is 0 Å². The molecule has 1 aromatic carbocycles. The second-order valence-electron chi connectivity index (χ2n) is 2.39. The molecule has 0 radical (unpaired) electrons. The molecule has 0 N–H and O–H groups in total. The molecule has 0 aliphatic heterocycles. The van der Waals surface area contributed by atoms with Crippen molar-refractivity contribution in [3.05, 3.63) is 41.8 Å². The van der Waals surface area contributed by atoms with Crippen molar-refractivity contribution < 1.29 is 12.6 Å². The summed E-state index contributed by atoms with van der Waals surface area (Å²) >= 11 is 0. The average Bonchev–Trinajstić information content (AvgIpc) is 2.17. The van der Waals surface area contributed by atoms with E-state index in [4.69, 9.17) is 5.26 Å². The molecule has 0 atom stereocenters. The first-order valence-corrected chi connectivity index (χ1v) is 5.05. The van der Waals surface area contributed by atoms with Crippen molar-refractivity contribution in [3.8, 4) is 11.8 Å². The monoisotopic (exact) mass is 209 g/mol. The van der Waals surface area contributed by atoms with E-state index in [2.05, 4.69) is 10.8 Å². The summed E-state index contributed by atoms with van der Waals surface area (Å²) in [6.07, 6.45) is 0. The van der Waals surface area contributed by atoms with Gasteiger partial charge in [-0.25, -0.2) is 0 Å². The summed E-state index contributed by atoms with van der Waals surface area (Å²) in [6.45, 7) is 3.07. The highest BCUT2D eigenvalue weighted by Crippen LogP contribution is 2.14. The van der Waals surface area contributed by atoms with Crippen LogP contribution in [0.5, 0.6) is 5.75 Å². The predicted octanol–water partition coefficient (Wildman–Crippen LogP) is 1.43. The van der Waals surface area contributed by atoms with Gasteiger partial charge in [0.1, 0.15) is 11.8 Å². The van der Waals surface area contributed by atoms with Crippen LogP contribution in [0.1, 0.15) is 0 Å². The van der Waals surface area contributed by atoms with Gasteiger partial charge in [-0.2, -0.15) is 13.7 Å². The molecule has 0 aliphatic carbocycles. The predicted molar refractivity (Wildman–Crippen MR) is 50.7 cm³/mol. The lowest BCUT2D eigenvalue weighted by atomic mass is 10.3. The highest BCUT2D eigenvalue weighted by Gasteiger charge is 2.16. The lowest BCUT2D eigenvalue weighted by Gasteiger charge is -2.03. The van der Waals surface area contributed by atoms with Crippen LogP contribution in [-0.4, -0.2) is 8.42 Å². The maximum absolute atomic E-state index is 11.2. The molecule has 4 nitrogen and oxygen atoms in total. The summed E-state index contributed by atoms with van der Waals surface area (Å²) in [7, 11) is -4.02. The number of benzene rings is 1. The van der Waals surface area contributed by atoms with Crippen LogP contribution in [0.15, 0.2) is 41.8 Å². The largest absolute Gasteiger partial charge is 0.378 e. The molecule has 14 heavy (non-hydrogen) atoms. The molecule has 0 heterocycles. The number of para-hydroxylation sites is 1. The normalized spacial score (nSPS) is 10.2. The SMILES string of the molecule is C=C(C#N)S(=O)(=O)Oc1ccccc1. The van der Waals surface area contributed by atoms with Gasteiger partial charge in [0.15, 0.2) is 4.91 Å². The molecule has 0 saturated heterocycles. The minimum absolute atomic E-state index is 0.156. The first kappa shape index (κ1) is 10.3. The summed E-state index contributed by atoms with van der Waals surface area (Å²) in [5.74, 6) is 0.156. The van der Waals surface area contributed by atoms with Gasteiger partial charge in [-0.15, -0.1) is 0 Å². The molecular formula is C9H7NO3S. The van der Waals surface area contributed by atoms with Crippen LogP contribution in [0.2, 0.25) is 0 Å². The van der Waals surface area contributed by atoms with Gasteiger partial charge in [-0.05, 0) is 12.1 Å². The lowest BCUT2D eigenvalue weighted by Crippen LogP contribution is -2.09. The fourth-order valence-corrected chi connectivity index (χ4v) is 1.29. The van der Waals surface area contributed by atoms with Crippen LogP contribution < -0.4 is 4.18 Å². The smallest absolute Gasteiger partial charge is 0.348 e. The first-order chi connectivity index (χ1) is 6.56. The maximum Gasteiger partial charge on any atom is 0.348 e. The highest BCUT2D eigenvalue weighted by molar-refractivity contribution is 7.91. The summed E-state index contributed by atoms with van der Waals surface area (Å²) in [4.78, 5) is -0.610. The molecule has 0 saturated carbocycles. The van der Waals surface area contributed by atoms with Crippen LogP contribution in [-0.2, 0) is 10.1 Å². The highest BCUT2D eigenvalue weighted by atomic mass is 32.2. The van der Waals surface area contributed by atoms with Crippen LogP contribution in [0.3, 0.4) is 0 Å². The maximum atomic E-state index is 11.2. The van der Waals surface area contributed by atoms with Crippen LogP contribution in [0, 0.1) is 11.3 Å². The number of hydrogen-bond acceptors (Lipinski definition) is 4. The molecular weight excluding hydrogens is 202 g/mol. The summed E-state index contributed by atoms with van der Waals surface area (Å²) in [5, 5.41) is 8.34. The van der Waals surface area contributed by atoms with Crippen molar-refractivity contribution >= 4 is 10.1 Å². The fourth-order valence-electron chi connectivity index (χ4n) is 0.709. The number of allylic oxidation sites excluding steroid dienone is 1. The van der Waals surface area contributed by atoms with Gasteiger partial charge in [0.2, 0.25) is 0 Å². The topological polar surface area (TPSA) is 67.2 Å². The third-order valence-corrected chi connectivity index (χ3v) is 2.48. The second kappa shape index (κ2) is 3.94. The molecule has 0 aliphatic rings. The Bertz CT molecular complexity index is 471. The number of rotatable bonds is 3. The van der Waals surface area contributed by atoms with E-state index in [9.17, 15) is 8.42 Å². The Morgan fingerprint density at radius 2 is 1.93 bits per heavy atom. The van der Waals surface area contributed by atoms with Crippen molar-refractivity contribution in [3.63, 3.8) is 0 Å². The van der Waals surface area contributed by atoms with Gasteiger partial charge >= 0.3 is 10.1 Å². The average molecular weight is 209 g/mol. The molecule has 0 fully saturated rings. The zero-order chi connectivity index (χ0) is 10.6. The first-order valence-electron chi connectivity index (χ1n) is 3.65. The van der Waals surface area contributed by atoms with Gasteiger partial charge in [-0.3, -0.25) is 0 Å². The van der Waals surface area contributed by atoms with Crippen molar-refractivity contribution in [1.29, 1.82) is 5.26 Å². The molecule has 0 spiro atoms. The Morgan fingerprint density at radius 1 is 1.36 bits per heavy atom. The zero-order valence-corrected chi connectivity index (χ0v) is 7.99. The van der Waals surface area contributed by atoms with Gasteiger partial charge in [-0.1, -0.05) is 24.8 Å². The molecule has 0 unspecified atom stereocenters. The Balaban J connectivity index is 2.92. The fraction of sp³-hybridized carbons (Fsp3) is 0. The Morgan fingerprint density at radius 3 is 2.43 bits per heavy atom. The van der Waals surface area contributed by atoms with E-state index in [1.165, 1.54) is 18.2 Å². The lowest BCUT2D eigenvalue weighted by molar-refractivity contribution is 0.495. The third-order valence-electron chi connectivity index (χ3n) is 1.38. The van der Waals surface area contributed by atoms with Crippen molar-refractivity contribution in [2.75, 3.05) is 0 Å².